The maximum Gasteiger partial charge on any atom is 0.317 e. The second-order valence-electron chi connectivity index (χ2n) is 6.52. The summed E-state index contributed by atoms with van der Waals surface area (Å²) in [6.45, 7) is 8.58. The molecule has 0 N–H and O–H groups in total. The van der Waals surface area contributed by atoms with Gasteiger partial charge in [0.25, 0.3) is 0 Å². The minimum atomic E-state index is -0.747. The van der Waals surface area contributed by atoms with E-state index in [9.17, 15) is 9.59 Å². The molecule has 1 fully saturated rings. The SMILES string of the molecule is CCOC(=O)C1(c2ccc(C(C)(C)C)cc2)CC(=O)C1. The molecule has 1 aromatic carbocycles. The molecule has 3 heteroatoms. The van der Waals surface area contributed by atoms with E-state index in [0.717, 1.165) is 5.56 Å². The molecule has 3 nitrogen and oxygen atoms in total. The molecule has 1 aliphatic carbocycles. The molecule has 108 valence electrons. The van der Waals surface area contributed by atoms with Crippen LogP contribution < -0.4 is 0 Å². The summed E-state index contributed by atoms with van der Waals surface area (Å²) in [7, 11) is 0. The maximum absolute atomic E-state index is 12.2. The van der Waals surface area contributed by atoms with E-state index in [2.05, 4.69) is 20.8 Å². The van der Waals surface area contributed by atoms with E-state index in [1.807, 2.05) is 24.3 Å². The second kappa shape index (κ2) is 5.04. The lowest BCUT2D eigenvalue weighted by atomic mass is 9.63. The first-order valence-corrected chi connectivity index (χ1v) is 7.09. The fourth-order valence-corrected chi connectivity index (χ4v) is 2.65. The van der Waals surface area contributed by atoms with Gasteiger partial charge >= 0.3 is 5.97 Å². The Balaban J connectivity index is 2.32. The van der Waals surface area contributed by atoms with Gasteiger partial charge in [-0.05, 0) is 23.5 Å². The van der Waals surface area contributed by atoms with Crippen LogP contribution in [0.5, 0.6) is 0 Å². The van der Waals surface area contributed by atoms with Crippen molar-refractivity contribution in [3.05, 3.63) is 35.4 Å². The first-order chi connectivity index (χ1) is 9.29. The normalized spacial score (nSPS) is 17.5. The van der Waals surface area contributed by atoms with Crippen LogP contribution in [0.4, 0.5) is 0 Å². The maximum atomic E-state index is 12.2. The fraction of sp³-hybridized carbons (Fsp3) is 0.529. The molecule has 0 bridgehead atoms. The number of carbonyl (C=O) groups excluding carboxylic acids is 2. The fourth-order valence-electron chi connectivity index (χ4n) is 2.65. The van der Waals surface area contributed by atoms with Crippen LogP contribution in [0.2, 0.25) is 0 Å². The van der Waals surface area contributed by atoms with Crippen molar-refractivity contribution in [2.45, 2.75) is 51.4 Å². The molecule has 0 atom stereocenters. The third kappa shape index (κ3) is 2.49. The summed E-state index contributed by atoms with van der Waals surface area (Å²) >= 11 is 0. The van der Waals surface area contributed by atoms with Gasteiger partial charge in [0.2, 0.25) is 0 Å². The van der Waals surface area contributed by atoms with Crippen LogP contribution in [0.25, 0.3) is 0 Å². The summed E-state index contributed by atoms with van der Waals surface area (Å²) in [5.74, 6) is -0.152. The van der Waals surface area contributed by atoms with Gasteiger partial charge in [-0.15, -0.1) is 0 Å². The van der Waals surface area contributed by atoms with Crippen molar-refractivity contribution < 1.29 is 14.3 Å². The van der Waals surface area contributed by atoms with Crippen molar-refractivity contribution in [1.29, 1.82) is 0 Å². The molecule has 20 heavy (non-hydrogen) atoms. The zero-order valence-electron chi connectivity index (χ0n) is 12.7. The Hall–Kier alpha value is -1.64. The number of Topliss-reactive ketones (excluding diaryl/α,β-unsaturated/α-hetero) is 1. The highest BCUT2D eigenvalue weighted by atomic mass is 16.5. The summed E-state index contributed by atoms with van der Waals surface area (Å²) in [5, 5.41) is 0. The zero-order chi connectivity index (χ0) is 15.0. The lowest BCUT2D eigenvalue weighted by Gasteiger charge is -2.38. The predicted octanol–water partition coefficient (Wildman–Crippen LogP) is 3.15. The van der Waals surface area contributed by atoms with Gasteiger partial charge in [0.05, 0.1) is 6.61 Å². The van der Waals surface area contributed by atoms with Crippen molar-refractivity contribution in [3.8, 4) is 0 Å². The lowest BCUT2D eigenvalue weighted by Crippen LogP contribution is -2.49. The number of carbonyl (C=O) groups is 2. The molecule has 0 saturated heterocycles. The van der Waals surface area contributed by atoms with Crippen LogP contribution in [0.1, 0.15) is 51.7 Å². The van der Waals surface area contributed by atoms with Crippen LogP contribution in [-0.4, -0.2) is 18.4 Å². The molecule has 2 rings (SSSR count). The highest BCUT2D eigenvalue weighted by molar-refractivity contribution is 6.02. The van der Waals surface area contributed by atoms with Gasteiger partial charge in [0, 0.05) is 12.8 Å². The van der Waals surface area contributed by atoms with Gasteiger partial charge in [-0.25, -0.2) is 0 Å². The van der Waals surface area contributed by atoms with Crippen molar-refractivity contribution >= 4 is 11.8 Å². The Labute approximate surface area is 120 Å². The van der Waals surface area contributed by atoms with Gasteiger partial charge in [-0.3, -0.25) is 9.59 Å². The van der Waals surface area contributed by atoms with E-state index < -0.39 is 5.41 Å². The van der Waals surface area contributed by atoms with E-state index in [1.165, 1.54) is 5.56 Å². The van der Waals surface area contributed by atoms with Crippen molar-refractivity contribution in [3.63, 3.8) is 0 Å². The molecular formula is C17H22O3. The first-order valence-electron chi connectivity index (χ1n) is 7.09. The summed E-state index contributed by atoms with van der Waals surface area (Å²) in [6.07, 6.45) is 0.529. The van der Waals surface area contributed by atoms with Gasteiger partial charge in [0.15, 0.2) is 0 Å². The average molecular weight is 274 g/mol. The number of ketones is 1. The summed E-state index contributed by atoms with van der Waals surface area (Å²) < 4.78 is 5.16. The number of benzene rings is 1. The standard InChI is InChI=1S/C17H22O3/c1-5-20-15(19)17(10-14(18)11-17)13-8-6-12(7-9-13)16(2,3)4/h6-9H,5,10-11H2,1-4H3. The number of hydrogen-bond acceptors (Lipinski definition) is 3. The van der Waals surface area contributed by atoms with E-state index in [4.69, 9.17) is 4.74 Å². The molecule has 1 aromatic rings. The molecule has 0 spiro atoms. The Morgan fingerprint density at radius 2 is 1.75 bits per heavy atom. The van der Waals surface area contributed by atoms with Crippen molar-refractivity contribution in [2.24, 2.45) is 0 Å². The van der Waals surface area contributed by atoms with Crippen molar-refractivity contribution in [1.82, 2.24) is 0 Å². The van der Waals surface area contributed by atoms with E-state index in [-0.39, 0.29) is 30.0 Å². The molecule has 0 aromatic heterocycles. The molecule has 0 amide bonds. The highest BCUT2D eigenvalue weighted by Crippen LogP contribution is 2.43. The van der Waals surface area contributed by atoms with Gasteiger partial charge in [-0.2, -0.15) is 0 Å². The molecular weight excluding hydrogens is 252 g/mol. The van der Waals surface area contributed by atoms with Gasteiger partial charge in [-0.1, -0.05) is 45.0 Å². The van der Waals surface area contributed by atoms with Crippen LogP contribution >= 0.6 is 0 Å². The van der Waals surface area contributed by atoms with Crippen LogP contribution in [0, 0.1) is 0 Å². The monoisotopic (exact) mass is 274 g/mol. The predicted molar refractivity (Wildman–Crippen MR) is 77.7 cm³/mol. The van der Waals surface area contributed by atoms with E-state index in [1.54, 1.807) is 6.92 Å². The molecule has 0 unspecified atom stereocenters. The Morgan fingerprint density at radius 3 is 2.15 bits per heavy atom. The quantitative estimate of drug-likeness (QED) is 0.795. The molecule has 0 aliphatic heterocycles. The van der Waals surface area contributed by atoms with E-state index >= 15 is 0 Å². The largest absolute Gasteiger partial charge is 0.465 e. The molecule has 0 radical (unpaired) electrons. The average Bonchev–Trinajstić information content (AvgIpc) is 2.34. The second-order valence-corrected chi connectivity index (χ2v) is 6.52. The zero-order valence-corrected chi connectivity index (χ0v) is 12.7. The third-order valence-electron chi connectivity index (χ3n) is 3.97. The smallest absolute Gasteiger partial charge is 0.317 e. The van der Waals surface area contributed by atoms with Crippen LogP contribution in [0.3, 0.4) is 0 Å². The third-order valence-corrected chi connectivity index (χ3v) is 3.97. The topological polar surface area (TPSA) is 43.4 Å². The molecule has 0 heterocycles. The van der Waals surface area contributed by atoms with Crippen LogP contribution in [-0.2, 0) is 25.2 Å². The number of esters is 1. The summed E-state index contributed by atoms with van der Waals surface area (Å²) in [5.41, 5.74) is 1.43. The number of ether oxygens (including phenoxy) is 1. The highest BCUT2D eigenvalue weighted by Gasteiger charge is 2.52. The minimum Gasteiger partial charge on any atom is -0.465 e. The Bertz CT molecular complexity index is 512. The van der Waals surface area contributed by atoms with Crippen molar-refractivity contribution in [2.75, 3.05) is 6.61 Å². The Kier molecular flexibility index (Phi) is 3.72. The number of rotatable bonds is 3. The van der Waals surface area contributed by atoms with Gasteiger partial charge < -0.3 is 4.74 Å². The molecule has 1 saturated carbocycles. The number of hydrogen-bond donors (Lipinski definition) is 0. The molecule has 1 aliphatic rings. The first kappa shape index (κ1) is 14.8. The summed E-state index contributed by atoms with van der Waals surface area (Å²) in [6, 6.07) is 8.01. The summed E-state index contributed by atoms with van der Waals surface area (Å²) in [4.78, 5) is 23.6. The van der Waals surface area contributed by atoms with Gasteiger partial charge in [0.1, 0.15) is 11.2 Å². The minimum absolute atomic E-state index is 0.0745. The lowest BCUT2D eigenvalue weighted by molar-refractivity contribution is -0.158. The van der Waals surface area contributed by atoms with Crippen LogP contribution in [0.15, 0.2) is 24.3 Å². The Morgan fingerprint density at radius 1 is 1.20 bits per heavy atom. The van der Waals surface area contributed by atoms with E-state index in [0.29, 0.717) is 6.61 Å².